The summed E-state index contributed by atoms with van der Waals surface area (Å²) >= 11 is 1.79. The number of thiazole rings is 1. The fourth-order valence-corrected chi connectivity index (χ4v) is 3.19. The average Bonchev–Trinajstić information content (AvgIpc) is 2.66. The predicted octanol–water partition coefficient (Wildman–Crippen LogP) is 2.81. The van der Waals surface area contributed by atoms with E-state index in [0.717, 1.165) is 24.1 Å². The van der Waals surface area contributed by atoms with E-state index < -0.39 is 0 Å². The summed E-state index contributed by atoms with van der Waals surface area (Å²) in [4.78, 5) is 8.30. The van der Waals surface area contributed by atoms with E-state index in [-0.39, 0.29) is 0 Å². The van der Waals surface area contributed by atoms with Crippen molar-refractivity contribution in [3.8, 4) is 0 Å². The second-order valence-electron chi connectivity index (χ2n) is 4.64. The molecule has 0 spiro atoms. The summed E-state index contributed by atoms with van der Waals surface area (Å²) in [5.74, 6) is 0.856. The maximum atomic E-state index is 4.37. The largest absolute Gasteiger partial charge is 0.362 e. The zero-order valence-electron chi connectivity index (χ0n) is 10.2. The Balaban J connectivity index is 1.87. The van der Waals surface area contributed by atoms with Gasteiger partial charge in [-0.05, 0) is 32.2 Å². The number of hydrogen-bond donors (Lipinski definition) is 1. The number of nitrogens with one attached hydrogen (secondary N) is 1. The van der Waals surface area contributed by atoms with Gasteiger partial charge in [0.1, 0.15) is 0 Å². The van der Waals surface area contributed by atoms with Crippen molar-refractivity contribution in [2.75, 3.05) is 25.0 Å². The summed E-state index contributed by atoms with van der Waals surface area (Å²) in [6.07, 6.45) is 4.75. The first-order valence-electron chi connectivity index (χ1n) is 6.19. The lowest BCUT2D eigenvalue weighted by atomic mass is 10.0. The van der Waals surface area contributed by atoms with Crippen LogP contribution in [0.3, 0.4) is 0 Å². The van der Waals surface area contributed by atoms with E-state index in [0.29, 0.717) is 0 Å². The lowest BCUT2D eigenvalue weighted by Crippen LogP contribution is -2.33. The summed E-state index contributed by atoms with van der Waals surface area (Å²) in [6, 6.07) is 0. The molecule has 2 rings (SSSR count). The third-order valence-corrected chi connectivity index (χ3v) is 3.94. The Morgan fingerprint density at radius 3 is 3.25 bits per heavy atom. The van der Waals surface area contributed by atoms with Crippen molar-refractivity contribution < 1.29 is 0 Å². The van der Waals surface area contributed by atoms with Crippen LogP contribution < -0.4 is 5.32 Å². The molecule has 1 aromatic rings. The molecule has 1 fully saturated rings. The van der Waals surface area contributed by atoms with Gasteiger partial charge in [-0.25, -0.2) is 4.98 Å². The van der Waals surface area contributed by atoms with Crippen LogP contribution in [0.25, 0.3) is 0 Å². The minimum absolute atomic E-state index is 0.856. The highest BCUT2D eigenvalue weighted by atomic mass is 32.1. The van der Waals surface area contributed by atoms with Gasteiger partial charge in [-0.15, -0.1) is 11.3 Å². The topological polar surface area (TPSA) is 28.2 Å². The van der Waals surface area contributed by atoms with Crippen molar-refractivity contribution in [3.05, 3.63) is 11.1 Å². The number of nitrogens with zero attached hydrogens (tertiary/aromatic N) is 2. The summed E-state index contributed by atoms with van der Waals surface area (Å²) < 4.78 is 0. The van der Waals surface area contributed by atoms with E-state index in [1.807, 2.05) is 6.20 Å². The monoisotopic (exact) mass is 239 g/mol. The molecule has 2 heterocycles. The van der Waals surface area contributed by atoms with Gasteiger partial charge < -0.3 is 5.32 Å². The van der Waals surface area contributed by atoms with Gasteiger partial charge >= 0.3 is 0 Å². The Kier molecular flexibility index (Phi) is 4.18. The Morgan fingerprint density at radius 1 is 1.62 bits per heavy atom. The minimum Gasteiger partial charge on any atom is -0.362 e. The zero-order valence-corrected chi connectivity index (χ0v) is 11.0. The molecule has 0 bridgehead atoms. The SMILES string of the molecule is CCNc1ncc(CN2CCCC(C)C2)s1. The van der Waals surface area contributed by atoms with E-state index in [2.05, 4.69) is 29.0 Å². The van der Waals surface area contributed by atoms with Gasteiger partial charge in [0.05, 0.1) is 0 Å². The number of rotatable bonds is 4. The van der Waals surface area contributed by atoms with Gasteiger partial charge in [0.2, 0.25) is 0 Å². The fourth-order valence-electron chi connectivity index (χ4n) is 2.26. The molecule has 1 atom stereocenters. The van der Waals surface area contributed by atoms with Gasteiger partial charge in [0, 0.05) is 30.7 Å². The van der Waals surface area contributed by atoms with Crippen LogP contribution in [-0.2, 0) is 6.54 Å². The number of hydrogen-bond acceptors (Lipinski definition) is 4. The third-order valence-electron chi connectivity index (χ3n) is 3.00. The molecular weight excluding hydrogens is 218 g/mol. The summed E-state index contributed by atoms with van der Waals surface area (Å²) in [7, 11) is 0. The van der Waals surface area contributed by atoms with Gasteiger partial charge in [-0.2, -0.15) is 0 Å². The fraction of sp³-hybridized carbons (Fsp3) is 0.750. The highest BCUT2D eigenvalue weighted by Crippen LogP contribution is 2.22. The number of likely N-dealkylation sites (tertiary alicyclic amines) is 1. The molecule has 4 heteroatoms. The Morgan fingerprint density at radius 2 is 2.50 bits per heavy atom. The third kappa shape index (κ3) is 3.19. The predicted molar refractivity (Wildman–Crippen MR) is 70.0 cm³/mol. The Hall–Kier alpha value is -0.610. The molecule has 1 aromatic heterocycles. The smallest absolute Gasteiger partial charge is 0.182 e. The molecule has 16 heavy (non-hydrogen) atoms. The molecule has 3 nitrogen and oxygen atoms in total. The molecule has 1 saturated heterocycles. The average molecular weight is 239 g/mol. The number of aromatic nitrogens is 1. The normalized spacial score (nSPS) is 22.2. The number of piperidine rings is 1. The molecule has 1 unspecified atom stereocenters. The van der Waals surface area contributed by atoms with Crippen molar-refractivity contribution in [2.24, 2.45) is 5.92 Å². The van der Waals surface area contributed by atoms with Crippen molar-refractivity contribution in [3.63, 3.8) is 0 Å². The van der Waals surface area contributed by atoms with Crippen LogP contribution in [0, 0.1) is 5.92 Å². The van der Waals surface area contributed by atoms with Crippen molar-refractivity contribution in [1.82, 2.24) is 9.88 Å². The second kappa shape index (κ2) is 5.64. The molecule has 0 saturated carbocycles. The van der Waals surface area contributed by atoms with Crippen molar-refractivity contribution in [2.45, 2.75) is 33.2 Å². The first-order chi connectivity index (χ1) is 7.78. The van der Waals surface area contributed by atoms with Gasteiger partial charge in [-0.3, -0.25) is 4.90 Å². The highest BCUT2D eigenvalue weighted by Gasteiger charge is 2.16. The Labute approximate surface area is 102 Å². The van der Waals surface area contributed by atoms with Gasteiger partial charge in [0.15, 0.2) is 5.13 Å². The zero-order chi connectivity index (χ0) is 11.4. The molecule has 1 aliphatic heterocycles. The standard InChI is InChI=1S/C12H21N3S/c1-3-13-12-14-7-11(16-12)9-15-6-4-5-10(2)8-15/h7,10H,3-6,8-9H2,1-2H3,(H,13,14). The lowest BCUT2D eigenvalue weighted by Gasteiger charge is -2.30. The highest BCUT2D eigenvalue weighted by molar-refractivity contribution is 7.15. The maximum absolute atomic E-state index is 4.37. The van der Waals surface area contributed by atoms with Crippen LogP contribution in [-0.4, -0.2) is 29.5 Å². The summed E-state index contributed by atoms with van der Waals surface area (Å²) in [6.45, 7) is 8.98. The first-order valence-corrected chi connectivity index (χ1v) is 7.00. The van der Waals surface area contributed by atoms with Crippen LogP contribution >= 0.6 is 11.3 Å². The molecule has 0 aliphatic carbocycles. The van der Waals surface area contributed by atoms with Crippen molar-refractivity contribution in [1.29, 1.82) is 0 Å². The van der Waals surface area contributed by atoms with E-state index in [9.17, 15) is 0 Å². The summed E-state index contributed by atoms with van der Waals surface area (Å²) in [5, 5.41) is 4.32. The van der Waals surface area contributed by atoms with Crippen LogP contribution in [0.1, 0.15) is 31.6 Å². The molecule has 1 N–H and O–H groups in total. The molecule has 0 radical (unpaired) electrons. The quantitative estimate of drug-likeness (QED) is 0.875. The van der Waals surface area contributed by atoms with E-state index in [1.54, 1.807) is 11.3 Å². The van der Waals surface area contributed by atoms with Crippen LogP contribution in [0.2, 0.25) is 0 Å². The van der Waals surface area contributed by atoms with Crippen LogP contribution in [0.4, 0.5) is 5.13 Å². The van der Waals surface area contributed by atoms with Gasteiger partial charge in [0.25, 0.3) is 0 Å². The van der Waals surface area contributed by atoms with Crippen LogP contribution in [0.15, 0.2) is 6.20 Å². The van der Waals surface area contributed by atoms with Gasteiger partial charge in [-0.1, -0.05) is 6.92 Å². The Bertz CT molecular complexity index is 324. The maximum Gasteiger partial charge on any atom is 0.182 e. The van der Waals surface area contributed by atoms with Crippen LogP contribution in [0.5, 0.6) is 0 Å². The first kappa shape index (κ1) is 11.9. The lowest BCUT2D eigenvalue weighted by molar-refractivity contribution is 0.178. The second-order valence-corrected chi connectivity index (χ2v) is 5.76. The minimum atomic E-state index is 0.856. The summed E-state index contributed by atoms with van der Waals surface area (Å²) in [5.41, 5.74) is 0. The molecule has 0 aromatic carbocycles. The molecule has 90 valence electrons. The molecule has 0 amide bonds. The van der Waals surface area contributed by atoms with E-state index in [1.165, 1.54) is 30.8 Å². The van der Waals surface area contributed by atoms with E-state index in [4.69, 9.17) is 0 Å². The molecular formula is C12H21N3S. The van der Waals surface area contributed by atoms with Crippen molar-refractivity contribution >= 4 is 16.5 Å². The molecule has 1 aliphatic rings. The van der Waals surface area contributed by atoms with E-state index >= 15 is 0 Å². The number of anilines is 1.